The highest BCUT2D eigenvalue weighted by atomic mass is 16.6. The summed E-state index contributed by atoms with van der Waals surface area (Å²) in [4.78, 5) is 14.0. The van der Waals surface area contributed by atoms with Gasteiger partial charge in [0.15, 0.2) is 0 Å². The Labute approximate surface area is 86.1 Å². The molecule has 7 nitrogen and oxygen atoms in total. The molecule has 1 rings (SSSR count). The van der Waals surface area contributed by atoms with E-state index in [1.54, 1.807) is 19.9 Å². The van der Waals surface area contributed by atoms with E-state index in [0.717, 1.165) is 6.20 Å². The number of hydrogen-bond acceptors (Lipinski definition) is 5. The summed E-state index contributed by atoms with van der Waals surface area (Å²) in [5.74, 6) is 0.418. The lowest BCUT2D eigenvalue weighted by atomic mass is 10.5. The first-order valence-corrected chi connectivity index (χ1v) is 4.25. The maximum atomic E-state index is 10.6. The van der Waals surface area contributed by atoms with E-state index in [9.17, 15) is 10.1 Å². The summed E-state index contributed by atoms with van der Waals surface area (Å²) >= 11 is 0. The molecule has 0 aliphatic rings. The molecule has 0 unspecified atom stereocenters. The maximum Gasteiger partial charge on any atom is 0.333 e. The molecule has 0 saturated carbocycles. The van der Waals surface area contributed by atoms with E-state index in [2.05, 4.69) is 10.1 Å². The highest BCUT2D eigenvalue weighted by molar-refractivity contribution is 5.66. The lowest BCUT2D eigenvalue weighted by Crippen LogP contribution is -2.07. The van der Waals surface area contributed by atoms with Crippen LogP contribution in [-0.4, -0.2) is 20.9 Å². The van der Waals surface area contributed by atoms with Gasteiger partial charge in [-0.05, 0) is 19.9 Å². The van der Waals surface area contributed by atoms with Gasteiger partial charge in [-0.15, -0.1) is 0 Å². The average Bonchev–Trinajstić information content (AvgIpc) is 2.61. The normalized spacial score (nSPS) is 12.3. The summed E-state index contributed by atoms with van der Waals surface area (Å²) < 4.78 is 1.22. The first-order chi connectivity index (χ1) is 7.11. The number of nitrogens with two attached hydrogens (primary N) is 1. The molecule has 0 aliphatic heterocycles. The molecule has 1 heterocycles. The Bertz CT molecular complexity index is 432. The van der Waals surface area contributed by atoms with Crippen molar-refractivity contribution in [2.45, 2.75) is 13.8 Å². The fourth-order valence-electron chi connectivity index (χ4n) is 1.02. The molecule has 0 spiro atoms. The van der Waals surface area contributed by atoms with Crippen LogP contribution < -0.4 is 5.73 Å². The zero-order valence-electron chi connectivity index (χ0n) is 8.41. The Morgan fingerprint density at radius 1 is 1.73 bits per heavy atom. The highest BCUT2D eigenvalue weighted by Gasteiger charge is 2.20. The number of aliphatic imine (C=N–C) groups is 1. The van der Waals surface area contributed by atoms with E-state index in [1.165, 1.54) is 10.9 Å². The first-order valence-electron chi connectivity index (χ1n) is 4.25. The third-order valence-corrected chi connectivity index (χ3v) is 1.71. The number of hydrogen-bond donors (Lipinski definition) is 1. The van der Waals surface area contributed by atoms with Crippen molar-refractivity contribution in [3.8, 4) is 0 Å². The fourth-order valence-corrected chi connectivity index (χ4v) is 1.02. The monoisotopic (exact) mass is 209 g/mol. The summed E-state index contributed by atoms with van der Waals surface area (Å²) in [6.45, 7) is 3.37. The molecule has 0 fully saturated rings. The number of allylic oxidation sites excluding steroid dienone is 1. The predicted octanol–water partition coefficient (Wildman–Crippen LogP) is 1.29. The van der Waals surface area contributed by atoms with Crippen LogP contribution in [-0.2, 0) is 0 Å². The highest BCUT2D eigenvalue weighted by Crippen LogP contribution is 2.27. The fraction of sp³-hybridized carbons (Fsp3) is 0.250. The van der Waals surface area contributed by atoms with Crippen LogP contribution in [0.4, 0.5) is 11.5 Å². The summed E-state index contributed by atoms with van der Waals surface area (Å²) in [7, 11) is 0. The van der Waals surface area contributed by atoms with Crippen molar-refractivity contribution in [3.05, 3.63) is 22.4 Å². The Balaban J connectivity index is 3.36. The van der Waals surface area contributed by atoms with Gasteiger partial charge in [-0.25, -0.2) is 4.99 Å². The SMILES string of the molecule is C/C=N\c1c([N+](=O)[O-])cnn1/C(N)=C\C. The van der Waals surface area contributed by atoms with Gasteiger partial charge in [0.05, 0.1) is 4.92 Å². The van der Waals surface area contributed by atoms with Crippen molar-refractivity contribution >= 4 is 23.5 Å². The Hall–Kier alpha value is -2.18. The number of aromatic nitrogens is 2. The second kappa shape index (κ2) is 4.36. The van der Waals surface area contributed by atoms with Gasteiger partial charge in [-0.1, -0.05) is 0 Å². The van der Waals surface area contributed by atoms with E-state index in [4.69, 9.17) is 5.73 Å². The molecule has 80 valence electrons. The van der Waals surface area contributed by atoms with Gasteiger partial charge in [0, 0.05) is 6.21 Å². The molecule has 0 amide bonds. The zero-order chi connectivity index (χ0) is 11.4. The van der Waals surface area contributed by atoms with Crippen molar-refractivity contribution < 1.29 is 4.92 Å². The minimum atomic E-state index is -0.547. The molecule has 0 bridgehead atoms. The van der Waals surface area contributed by atoms with E-state index in [0.29, 0.717) is 5.82 Å². The second-order valence-electron chi connectivity index (χ2n) is 2.62. The van der Waals surface area contributed by atoms with Crippen molar-refractivity contribution in [2.75, 3.05) is 0 Å². The molecule has 0 aliphatic carbocycles. The van der Waals surface area contributed by atoms with Crippen LogP contribution >= 0.6 is 0 Å². The third-order valence-electron chi connectivity index (χ3n) is 1.71. The van der Waals surface area contributed by atoms with Gasteiger partial charge in [-0.2, -0.15) is 9.78 Å². The summed E-state index contributed by atoms with van der Waals surface area (Å²) in [5, 5.41) is 14.4. The van der Waals surface area contributed by atoms with Crippen molar-refractivity contribution in [1.82, 2.24) is 9.78 Å². The smallest absolute Gasteiger partial charge is 0.333 e. The van der Waals surface area contributed by atoms with Crippen LogP contribution in [0.25, 0.3) is 5.82 Å². The zero-order valence-corrected chi connectivity index (χ0v) is 8.41. The van der Waals surface area contributed by atoms with E-state index in [-0.39, 0.29) is 11.5 Å². The van der Waals surface area contributed by atoms with E-state index in [1.807, 2.05) is 0 Å². The van der Waals surface area contributed by atoms with Crippen LogP contribution in [0.15, 0.2) is 17.3 Å². The predicted molar refractivity (Wildman–Crippen MR) is 56.8 cm³/mol. The maximum absolute atomic E-state index is 10.6. The van der Waals surface area contributed by atoms with Gasteiger partial charge in [0.25, 0.3) is 0 Å². The van der Waals surface area contributed by atoms with Crippen LogP contribution in [0.3, 0.4) is 0 Å². The average molecular weight is 209 g/mol. The molecule has 7 heteroatoms. The summed E-state index contributed by atoms with van der Waals surface area (Å²) in [6.07, 6.45) is 4.16. The minimum Gasteiger partial charge on any atom is -0.384 e. The van der Waals surface area contributed by atoms with Crippen molar-refractivity contribution in [3.63, 3.8) is 0 Å². The second-order valence-corrected chi connectivity index (χ2v) is 2.62. The van der Waals surface area contributed by atoms with Crippen molar-refractivity contribution in [1.29, 1.82) is 0 Å². The third kappa shape index (κ3) is 2.01. The van der Waals surface area contributed by atoms with Crippen LogP contribution in [0.5, 0.6) is 0 Å². The van der Waals surface area contributed by atoms with Crippen LogP contribution in [0, 0.1) is 10.1 Å². The Kier molecular flexibility index (Phi) is 3.17. The lowest BCUT2D eigenvalue weighted by Gasteiger charge is -2.01. The van der Waals surface area contributed by atoms with E-state index < -0.39 is 4.92 Å². The number of nitrogens with zero attached hydrogens (tertiary/aromatic N) is 4. The van der Waals surface area contributed by atoms with Crippen LogP contribution in [0.2, 0.25) is 0 Å². The molecule has 2 N–H and O–H groups in total. The van der Waals surface area contributed by atoms with Crippen LogP contribution in [0.1, 0.15) is 13.8 Å². The number of rotatable bonds is 3. The summed E-state index contributed by atoms with van der Waals surface area (Å²) in [6, 6.07) is 0. The lowest BCUT2D eigenvalue weighted by molar-refractivity contribution is -0.384. The molecular weight excluding hydrogens is 198 g/mol. The molecule has 0 saturated heterocycles. The van der Waals surface area contributed by atoms with Gasteiger partial charge in [0.2, 0.25) is 5.82 Å². The molecule has 0 aromatic carbocycles. The standard InChI is InChI=1S/C8H11N5O2/c1-3-7(9)12-8(10-4-2)6(5-11-12)13(14)15/h3-5H,9H2,1-2H3/b7-3-,10-4-. The van der Waals surface area contributed by atoms with Gasteiger partial charge >= 0.3 is 5.69 Å². The van der Waals surface area contributed by atoms with Gasteiger partial charge in [-0.3, -0.25) is 10.1 Å². The molecule has 15 heavy (non-hydrogen) atoms. The minimum absolute atomic E-state index is 0.123. The molecule has 1 aromatic heterocycles. The Morgan fingerprint density at radius 2 is 2.40 bits per heavy atom. The topological polar surface area (TPSA) is 99.3 Å². The molecular formula is C8H11N5O2. The molecule has 0 radical (unpaired) electrons. The quantitative estimate of drug-likeness (QED) is 0.460. The summed E-state index contributed by atoms with van der Waals surface area (Å²) in [5.41, 5.74) is 5.44. The number of nitro groups is 1. The van der Waals surface area contributed by atoms with Gasteiger partial charge in [0.1, 0.15) is 12.0 Å². The first kappa shape index (κ1) is 10.9. The molecule has 1 aromatic rings. The molecule has 0 atom stereocenters. The van der Waals surface area contributed by atoms with Gasteiger partial charge < -0.3 is 5.73 Å². The Morgan fingerprint density at radius 3 is 2.87 bits per heavy atom. The largest absolute Gasteiger partial charge is 0.384 e. The van der Waals surface area contributed by atoms with E-state index >= 15 is 0 Å². The van der Waals surface area contributed by atoms with Crippen molar-refractivity contribution in [2.24, 2.45) is 10.7 Å².